The van der Waals surface area contributed by atoms with Gasteiger partial charge in [-0.3, -0.25) is 9.79 Å². The molecule has 1 unspecified atom stereocenters. The molecule has 3 aromatic rings. The van der Waals surface area contributed by atoms with Gasteiger partial charge in [0.2, 0.25) is 0 Å². The monoisotopic (exact) mass is 612 g/mol. The first-order chi connectivity index (χ1) is 14.5. The van der Waals surface area contributed by atoms with Gasteiger partial charge in [0.15, 0.2) is 5.09 Å². The van der Waals surface area contributed by atoms with E-state index >= 15 is 0 Å². The summed E-state index contributed by atoms with van der Waals surface area (Å²) in [6, 6.07) is 20.1. The van der Waals surface area contributed by atoms with Crippen molar-refractivity contribution in [2.75, 3.05) is 0 Å². The van der Waals surface area contributed by atoms with Gasteiger partial charge in [-0.05, 0) is 57.7 Å². The van der Waals surface area contributed by atoms with Crippen molar-refractivity contribution >= 4 is 42.0 Å². The molecular weight excluding hydrogens is 593 g/mol. The summed E-state index contributed by atoms with van der Waals surface area (Å²) in [5.74, 6) is -0.130. The van der Waals surface area contributed by atoms with E-state index in [-0.39, 0.29) is 76.4 Å². The van der Waals surface area contributed by atoms with Gasteiger partial charge in [-0.1, -0.05) is 78.5 Å². The summed E-state index contributed by atoms with van der Waals surface area (Å²) >= 11 is 1.21. The smallest absolute Gasteiger partial charge is 0.397 e. The summed E-state index contributed by atoms with van der Waals surface area (Å²) in [5, 5.41) is 2.67. The molecule has 2 N–H and O–H groups in total. The Bertz CT molecular complexity index is 1280. The van der Waals surface area contributed by atoms with Crippen molar-refractivity contribution in [3.8, 4) is 0 Å². The first-order valence-electron chi connectivity index (χ1n) is 9.61. The van der Waals surface area contributed by atoms with Crippen LogP contribution in [0.3, 0.4) is 0 Å². The van der Waals surface area contributed by atoms with Crippen molar-refractivity contribution in [2.24, 2.45) is 5.92 Å². The normalized spacial score (nSPS) is 16.6. The molecule has 0 spiro atoms. The summed E-state index contributed by atoms with van der Waals surface area (Å²) in [5.41, 5.74) is 4.82. The molecule has 3 aromatic carbocycles. The van der Waals surface area contributed by atoms with E-state index in [1.165, 1.54) is 39.2 Å². The molecule has 2 aliphatic rings. The number of hydrogen-bond acceptors (Lipinski definition) is 3. The van der Waals surface area contributed by atoms with Gasteiger partial charge in [-0.25, -0.2) is 4.57 Å². The van der Waals surface area contributed by atoms with Crippen LogP contribution >= 0.6 is 19.6 Å². The molecule has 1 atom stereocenters. The fourth-order valence-corrected chi connectivity index (χ4v) is 5.60. The third-order valence-electron chi connectivity index (χ3n) is 5.32. The van der Waals surface area contributed by atoms with Crippen LogP contribution in [-0.4, -0.2) is 9.79 Å². The molecule has 5 rings (SSSR count). The Morgan fingerprint density at radius 2 is 1.81 bits per heavy atom. The zero-order valence-electron chi connectivity index (χ0n) is 17.1. The molecule has 32 heavy (non-hydrogen) atoms. The fraction of sp³-hybridized carbons (Fsp3) is 0.0833. The maximum atomic E-state index is 11.6. The summed E-state index contributed by atoms with van der Waals surface area (Å²) in [6.45, 7) is 0. The minimum atomic E-state index is -4.68. The minimum Gasteiger partial charge on any atom is -0.397 e. The number of phosphoric acid groups is 1. The Hall–Kier alpha value is -0.352. The Morgan fingerprint density at radius 1 is 1.03 bits per heavy atom. The zero-order chi connectivity index (χ0) is 20.7. The van der Waals surface area contributed by atoms with Crippen LogP contribution in [0.4, 0.5) is 0 Å². The number of hydrogen-bond donors (Lipinski definition) is 2. The Kier molecular flexibility index (Phi) is 8.97. The molecule has 0 saturated carbocycles. The van der Waals surface area contributed by atoms with E-state index in [9.17, 15) is 14.4 Å². The van der Waals surface area contributed by atoms with Gasteiger partial charge in [0.1, 0.15) is 0 Å². The molecule has 0 aliphatic heterocycles. The van der Waals surface area contributed by atoms with Crippen LogP contribution in [0.15, 0.2) is 88.9 Å². The summed E-state index contributed by atoms with van der Waals surface area (Å²) in [4.78, 5) is 19.7. The Balaban J connectivity index is 0.00000144. The third kappa shape index (κ3) is 5.65. The first-order valence-corrected chi connectivity index (χ1v) is 12.0. The molecule has 0 aromatic heterocycles. The van der Waals surface area contributed by atoms with E-state index in [0.29, 0.717) is 0 Å². The topological polar surface area (TPSA) is 66.8 Å². The second-order valence-electron chi connectivity index (χ2n) is 7.28. The minimum absolute atomic E-state index is 0. The molecule has 156 valence electrons. The zero-order valence-corrected chi connectivity index (χ0v) is 24.5. The number of benzene rings is 3. The average Bonchev–Trinajstić information content (AvgIpc) is 2.72. The number of thioether (sulfide) groups is 1. The van der Waals surface area contributed by atoms with Crippen molar-refractivity contribution in [1.82, 2.24) is 0 Å². The van der Waals surface area contributed by atoms with Crippen molar-refractivity contribution in [3.05, 3.63) is 101 Å². The molecule has 2 radical (unpaired) electrons. The second-order valence-corrected chi connectivity index (χ2v) is 9.52. The van der Waals surface area contributed by atoms with E-state index in [2.05, 4.69) is 48.6 Å². The molecule has 0 saturated heterocycles. The van der Waals surface area contributed by atoms with Crippen molar-refractivity contribution in [1.29, 1.82) is 0 Å². The van der Waals surface area contributed by atoms with E-state index in [0.717, 1.165) is 16.9 Å². The molecule has 4 nitrogen and oxygen atoms in total. The summed E-state index contributed by atoms with van der Waals surface area (Å²) < 4.78 is 16.7. The number of allylic oxidation sites excluding steroid dienone is 4. The molecule has 8 heteroatoms. The molecular formula is C24H19O4PSY2. The van der Waals surface area contributed by atoms with Crippen molar-refractivity contribution in [3.63, 3.8) is 0 Å². The van der Waals surface area contributed by atoms with Gasteiger partial charge in [0.05, 0.1) is 0 Å². The SMILES string of the molecule is O=P(O)(O)O/C(=C\C1C=Cc2ccc3cccc4c3c2C1=CC4)Sc1ccccc1.[Y].[Y]. The predicted molar refractivity (Wildman–Crippen MR) is 122 cm³/mol. The third-order valence-corrected chi connectivity index (χ3v) is 6.81. The first kappa shape index (κ1) is 26.3. The van der Waals surface area contributed by atoms with Gasteiger partial charge < -0.3 is 4.52 Å². The Labute approximate surface area is 241 Å². The van der Waals surface area contributed by atoms with Crippen LogP contribution in [0, 0.1) is 5.92 Å². The van der Waals surface area contributed by atoms with Crippen LogP contribution in [0.25, 0.3) is 22.4 Å². The quantitative estimate of drug-likeness (QED) is 0.205. The van der Waals surface area contributed by atoms with Crippen LogP contribution in [0.2, 0.25) is 0 Å². The van der Waals surface area contributed by atoms with Crippen molar-refractivity contribution in [2.45, 2.75) is 11.3 Å². The summed E-state index contributed by atoms with van der Waals surface area (Å²) in [7, 11) is -4.68. The van der Waals surface area contributed by atoms with Gasteiger partial charge >= 0.3 is 7.82 Å². The van der Waals surface area contributed by atoms with E-state index < -0.39 is 7.82 Å². The molecule has 0 bridgehead atoms. The maximum Gasteiger partial charge on any atom is 0.525 e. The molecule has 0 fully saturated rings. The van der Waals surface area contributed by atoms with E-state index in [4.69, 9.17) is 4.52 Å². The average molecular weight is 612 g/mol. The largest absolute Gasteiger partial charge is 0.525 e. The molecule has 2 aliphatic carbocycles. The summed E-state index contributed by atoms with van der Waals surface area (Å²) in [6.07, 6.45) is 8.99. The van der Waals surface area contributed by atoms with Crippen molar-refractivity contribution < 1.29 is 84.3 Å². The number of phosphoric ester groups is 1. The van der Waals surface area contributed by atoms with Gasteiger partial charge in [0.25, 0.3) is 0 Å². The second kappa shape index (κ2) is 10.9. The van der Waals surface area contributed by atoms with Crippen LogP contribution in [-0.2, 0) is 80.9 Å². The van der Waals surface area contributed by atoms with E-state index in [1.54, 1.807) is 6.08 Å². The maximum absolute atomic E-state index is 11.6. The van der Waals surface area contributed by atoms with Crippen LogP contribution in [0.5, 0.6) is 0 Å². The van der Waals surface area contributed by atoms with E-state index in [1.807, 2.05) is 30.3 Å². The van der Waals surface area contributed by atoms with Gasteiger partial charge in [-0.2, -0.15) is 0 Å². The number of rotatable bonds is 5. The van der Waals surface area contributed by atoms with Gasteiger partial charge in [-0.15, -0.1) is 0 Å². The Morgan fingerprint density at radius 3 is 2.56 bits per heavy atom. The van der Waals surface area contributed by atoms with Gasteiger partial charge in [0, 0.05) is 76.2 Å². The predicted octanol–water partition coefficient (Wildman–Crippen LogP) is 6.16. The standard InChI is InChI=1S/C24H19O4PS.2Y/c25-29(26,27)28-22(30-20-7-2-1-3-8-20)15-19-12-11-18-10-9-16-5-4-6-17-13-14-21(19)24(18)23(16)17;;/h1-12,14-15,19H,13H2,(H2,25,26,27);;/b22-15+;;. The molecule has 0 amide bonds. The van der Waals surface area contributed by atoms with Crippen LogP contribution in [0.1, 0.15) is 16.7 Å². The molecule has 0 heterocycles. The fourth-order valence-electron chi connectivity index (χ4n) is 4.12. The van der Waals surface area contributed by atoms with Crippen LogP contribution < -0.4 is 0 Å².